The SMILES string of the molecule is Cc1noc(C)c1CN(C)CC1CCCCC1O. The van der Waals surface area contributed by atoms with E-state index in [9.17, 15) is 5.11 Å². The molecule has 0 saturated heterocycles. The lowest BCUT2D eigenvalue weighted by Gasteiger charge is -2.31. The van der Waals surface area contributed by atoms with Gasteiger partial charge in [0.05, 0.1) is 11.8 Å². The van der Waals surface area contributed by atoms with E-state index in [0.29, 0.717) is 5.92 Å². The van der Waals surface area contributed by atoms with Gasteiger partial charge in [-0.2, -0.15) is 0 Å². The molecule has 0 aliphatic heterocycles. The summed E-state index contributed by atoms with van der Waals surface area (Å²) in [4.78, 5) is 2.27. The molecule has 102 valence electrons. The molecule has 1 aromatic rings. The summed E-state index contributed by atoms with van der Waals surface area (Å²) in [6.07, 6.45) is 4.41. The monoisotopic (exact) mass is 252 g/mol. The molecule has 0 amide bonds. The van der Waals surface area contributed by atoms with Crippen LogP contribution in [0.25, 0.3) is 0 Å². The van der Waals surface area contributed by atoms with Crippen molar-refractivity contribution in [2.75, 3.05) is 13.6 Å². The Hall–Kier alpha value is -0.870. The van der Waals surface area contributed by atoms with E-state index in [1.165, 1.54) is 18.4 Å². The van der Waals surface area contributed by atoms with Gasteiger partial charge in [-0.15, -0.1) is 0 Å². The van der Waals surface area contributed by atoms with Gasteiger partial charge in [0.1, 0.15) is 5.76 Å². The fourth-order valence-electron chi connectivity index (χ4n) is 2.86. The number of aryl methyl sites for hydroxylation is 2. The fraction of sp³-hybridized carbons (Fsp3) is 0.786. The maximum Gasteiger partial charge on any atom is 0.138 e. The maximum atomic E-state index is 10.00. The van der Waals surface area contributed by atoms with Crippen LogP contribution in [0.5, 0.6) is 0 Å². The van der Waals surface area contributed by atoms with Crippen LogP contribution >= 0.6 is 0 Å². The van der Waals surface area contributed by atoms with Crippen molar-refractivity contribution < 1.29 is 9.63 Å². The molecule has 0 radical (unpaired) electrons. The zero-order chi connectivity index (χ0) is 13.1. The number of aliphatic hydroxyl groups is 1. The molecule has 1 heterocycles. The van der Waals surface area contributed by atoms with Crippen molar-refractivity contribution in [1.82, 2.24) is 10.1 Å². The van der Waals surface area contributed by atoms with Gasteiger partial charge in [0.15, 0.2) is 0 Å². The summed E-state index contributed by atoms with van der Waals surface area (Å²) in [7, 11) is 2.10. The molecule has 4 heteroatoms. The minimum Gasteiger partial charge on any atom is -0.393 e. The van der Waals surface area contributed by atoms with Crippen molar-refractivity contribution in [3.8, 4) is 0 Å². The number of aromatic nitrogens is 1. The second-order valence-corrected chi connectivity index (χ2v) is 5.61. The average Bonchev–Trinajstić information content (AvgIpc) is 2.64. The van der Waals surface area contributed by atoms with E-state index < -0.39 is 0 Å². The Kier molecular flexibility index (Phi) is 4.40. The molecule has 18 heavy (non-hydrogen) atoms. The van der Waals surface area contributed by atoms with Gasteiger partial charge in [0.25, 0.3) is 0 Å². The van der Waals surface area contributed by atoms with Crippen LogP contribution in [0.3, 0.4) is 0 Å². The first-order valence-electron chi connectivity index (χ1n) is 6.86. The molecule has 4 nitrogen and oxygen atoms in total. The second-order valence-electron chi connectivity index (χ2n) is 5.61. The largest absolute Gasteiger partial charge is 0.393 e. The standard InChI is InChI=1S/C14H24N2O2/c1-10-13(11(2)18-15-10)9-16(3)8-12-6-4-5-7-14(12)17/h12,14,17H,4-9H2,1-3H3. The van der Waals surface area contributed by atoms with E-state index in [4.69, 9.17) is 4.52 Å². The predicted octanol–water partition coefficient (Wildman–Crippen LogP) is 2.27. The molecule has 0 bridgehead atoms. The minimum absolute atomic E-state index is 0.120. The summed E-state index contributed by atoms with van der Waals surface area (Å²) in [6.45, 7) is 5.74. The van der Waals surface area contributed by atoms with E-state index in [0.717, 1.165) is 37.4 Å². The van der Waals surface area contributed by atoms with Crippen LogP contribution in [0, 0.1) is 19.8 Å². The summed E-state index contributed by atoms with van der Waals surface area (Å²) in [5, 5.41) is 14.0. The first-order valence-corrected chi connectivity index (χ1v) is 6.86. The molecule has 0 spiro atoms. The van der Waals surface area contributed by atoms with Gasteiger partial charge in [-0.05, 0) is 39.7 Å². The highest BCUT2D eigenvalue weighted by atomic mass is 16.5. The maximum absolute atomic E-state index is 10.00. The topological polar surface area (TPSA) is 49.5 Å². The van der Waals surface area contributed by atoms with Crippen LogP contribution in [-0.4, -0.2) is 34.9 Å². The van der Waals surface area contributed by atoms with Gasteiger partial charge < -0.3 is 14.5 Å². The Balaban J connectivity index is 1.90. The highest BCUT2D eigenvalue weighted by Crippen LogP contribution is 2.25. The van der Waals surface area contributed by atoms with E-state index in [2.05, 4.69) is 17.1 Å². The molecule has 2 atom stereocenters. The third kappa shape index (κ3) is 3.12. The molecular weight excluding hydrogens is 228 g/mol. The molecule has 1 aromatic heterocycles. The molecule has 1 aliphatic carbocycles. The lowest BCUT2D eigenvalue weighted by molar-refractivity contribution is 0.0501. The first-order chi connectivity index (χ1) is 8.58. The van der Waals surface area contributed by atoms with Crippen LogP contribution in [-0.2, 0) is 6.54 Å². The van der Waals surface area contributed by atoms with Crippen molar-refractivity contribution in [2.45, 2.75) is 52.2 Å². The molecule has 1 N–H and O–H groups in total. The van der Waals surface area contributed by atoms with Crippen molar-refractivity contribution in [2.24, 2.45) is 5.92 Å². The summed E-state index contributed by atoms with van der Waals surface area (Å²) < 4.78 is 5.18. The van der Waals surface area contributed by atoms with Crippen molar-refractivity contribution in [3.63, 3.8) is 0 Å². The lowest BCUT2D eigenvalue weighted by Crippen LogP contribution is -2.34. The van der Waals surface area contributed by atoms with Gasteiger partial charge in [-0.3, -0.25) is 0 Å². The average molecular weight is 252 g/mol. The Morgan fingerprint density at radius 1 is 1.33 bits per heavy atom. The summed E-state index contributed by atoms with van der Waals surface area (Å²) in [6, 6.07) is 0. The number of hydrogen-bond donors (Lipinski definition) is 1. The molecule has 1 saturated carbocycles. The van der Waals surface area contributed by atoms with Gasteiger partial charge in [0.2, 0.25) is 0 Å². The summed E-state index contributed by atoms with van der Waals surface area (Å²) >= 11 is 0. The molecule has 0 aromatic carbocycles. The number of aliphatic hydroxyl groups excluding tert-OH is 1. The van der Waals surface area contributed by atoms with Crippen LogP contribution < -0.4 is 0 Å². The van der Waals surface area contributed by atoms with Crippen molar-refractivity contribution in [1.29, 1.82) is 0 Å². The Labute approximate surface area is 109 Å². The van der Waals surface area contributed by atoms with Crippen LogP contribution in [0.1, 0.15) is 42.7 Å². The van der Waals surface area contributed by atoms with Crippen LogP contribution in [0.4, 0.5) is 0 Å². The van der Waals surface area contributed by atoms with Gasteiger partial charge in [-0.25, -0.2) is 0 Å². The minimum atomic E-state index is -0.120. The molecule has 2 unspecified atom stereocenters. The Morgan fingerprint density at radius 2 is 2.06 bits per heavy atom. The van der Waals surface area contributed by atoms with Crippen LogP contribution in [0.15, 0.2) is 4.52 Å². The Bertz CT molecular complexity index is 370. The molecular formula is C14H24N2O2. The third-order valence-electron chi connectivity index (χ3n) is 4.02. The molecule has 1 aliphatic rings. The predicted molar refractivity (Wildman–Crippen MR) is 70.3 cm³/mol. The van der Waals surface area contributed by atoms with E-state index in [1.54, 1.807) is 0 Å². The highest BCUT2D eigenvalue weighted by Gasteiger charge is 2.24. The van der Waals surface area contributed by atoms with Gasteiger partial charge in [-0.1, -0.05) is 18.0 Å². The van der Waals surface area contributed by atoms with E-state index in [-0.39, 0.29) is 6.10 Å². The van der Waals surface area contributed by atoms with Gasteiger partial charge in [0, 0.05) is 18.7 Å². The fourth-order valence-corrected chi connectivity index (χ4v) is 2.86. The first kappa shape index (κ1) is 13.6. The van der Waals surface area contributed by atoms with E-state index in [1.807, 2.05) is 13.8 Å². The van der Waals surface area contributed by atoms with E-state index >= 15 is 0 Å². The Morgan fingerprint density at radius 3 is 2.67 bits per heavy atom. The smallest absolute Gasteiger partial charge is 0.138 e. The number of nitrogens with zero attached hydrogens (tertiary/aromatic N) is 2. The second kappa shape index (κ2) is 5.85. The van der Waals surface area contributed by atoms with Crippen LogP contribution in [0.2, 0.25) is 0 Å². The van der Waals surface area contributed by atoms with Crippen molar-refractivity contribution >= 4 is 0 Å². The number of rotatable bonds is 4. The summed E-state index contributed by atoms with van der Waals surface area (Å²) in [5.74, 6) is 1.33. The zero-order valence-electron chi connectivity index (χ0n) is 11.6. The van der Waals surface area contributed by atoms with Crippen molar-refractivity contribution in [3.05, 3.63) is 17.0 Å². The van der Waals surface area contributed by atoms with Gasteiger partial charge >= 0.3 is 0 Å². The third-order valence-corrected chi connectivity index (χ3v) is 4.02. The molecule has 2 rings (SSSR count). The zero-order valence-corrected chi connectivity index (χ0v) is 11.6. The highest BCUT2D eigenvalue weighted by molar-refractivity contribution is 5.20. The normalized spacial score (nSPS) is 24.7. The number of hydrogen-bond acceptors (Lipinski definition) is 4. The quantitative estimate of drug-likeness (QED) is 0.893. The lowest BCUT2D eigenvalue weighted by atomic mass is 9.86. The molecule has 1 fully saturated rings. The summed E-state index contributed by atoms with van der Waals surface area (Å²) in [5.41, 5.74) is 2.16.